The Labute approximate surface area is 114 Å². The van der Waals surface area contributed by atoms with Crippen LogP contribution < -0.4 is 5.32 Å². The molecule has 2 rings (SSSR count). The zero-order chi connectivity index (χ0) is 13.1. The minimum absolute atomic E-state index is 0.254. The molecule has 2 unspecified atom stereocenters. The fourth-order valence-electron chi connectivity index (χ4n) is 2.66. The van der Waals surface area contributed by atoms with Crippen LogP contribution in [0.1, 0.15) is 29.6 Å². The molecular formula is C14H24N2OS. The second-order valence-corrected chi connectivity index (χ2v) is 6.51. The van der Waals surface area contributed by atoms with Gasteiger partial charge in [0.2, 0.25) is 0 Å². The molecule has 0 spiro atoms. The molecule has 0 aromatic carbocycles. The lowest BCUT2D eigenvalue weighted by atomic mass is 10.0. The molecule has 2 heterocycles. The van der Waals surface area contributed by atoms with Crippen LogP contribution >= 0.6 is 11.3 Å². The number of thiophene rings is 1. The fraction of sp³-hybridized carbons (Fsp3) is 0.714. The largest absolute Gasteiger partial charge is 0.374 e. The number of morpholine rings is 1. The summed E-state index contributed by atoms with van der Waals surface area (Å²) in [6.07, 6.45) is 0.254. The SMILES string of the molecule is CNCC1OCCN(C(C)C)C1c1ccc(C)s1. The van der Waals surface area contributed by atoms with Crippen molar-refractivity contribution in [3.8, 4) is 0 Å². The van der Waals surface area contributed by atoms with Crippen LogP contribution in [0, 0.1) is 6.92 Å². The number of ether oxygens (including phenoxy) is 1. The van der Waals surface area contributed by atoms with Crippen molar-refractivity contribution in [3.63, 3.8) is 0 Å². The molecule has 0 radical (unpaired) electrons. The average molecular weight is 268 g/mol. The summed E-state index contributed by atoms with van der Waals surface area (Å²) in [7, 11) is 1.99. The number of hydrogen-bond acceptors (Lipinski definition) is 4. The maximum absolute atomic E-state index is 5.98. The van der Waals surface area contributed by atoms with E-state index in [0.29, 0.717) is 12.1 Å². The molecule has 0 amide bonds. The van der Waals surface area contributed by atoms with E-state index in [1.807, 2.05) is 18.4 Å². The summed E-state index contributed by atoms with van der Waals surface area (Å²) in [4.78, 5) is 5.38. The minimum Gasteiger partial charge on any atom is -0.374 e. The second-order valence-electron chi connectivity index (χ2n) is 5.19. The minimum atomic E-state index is 0.254. The summed E-state index contributed by atoms with van der Waals surface area (Å²) in [5, 5.41) is 3.26. The van der Waals surface area contributed by atoms with Crippen LogP contribution in [0.4, 0.5) is 0 Å². The van der Waals surface area contributed by atoms with E-state index < -0.39 is 0 Å². The lowest BCUT2D eigenvalue weighted by molar-refractivity contribution is -0.0803. The van der Waals surface area contributed by atoms with Crippen LogP contribution in [0.25, 0.3) is 0 Å². The summed E-state index contributed by atoms with van der Waals surface area (Å²) in [5.74, 6) is 0. The molecule has 0 aliphatic carbocycles. The molecule has 0 saturated carbocycles. The Hall–Kier alpha value is -0.420. The molecule has 2 atom stereocenters. The van der Waals surface area contributed by atoms with Gasteiger partial charge in [-0.1, -0.05) is 0 Å². The number of aryl methyl sites for hydroxylation is 1. The van der Waals surface area contributed by atoms with Gasteiger partial charge in [-0.25, -0.2) is 0 Å². The van der Waals surface area contributed by atoms with Crippen molar-refractivity contribution in [2.45, 2.75) is 39.0 Å². The standard InChI is InChI=1S/C14H24N2OS/c1-10(2)16-7-8-17-12(9-15-4)14(16)13-6-5-11(3)18-13/h5-6,10,12,14-15H,7-9H2,1-4H3. The summed E-state index contributed by atoms with van der Waals surface area (Å²) in [6.45, 7) is 9.49. The van der Waals surface area contributed by atoms with E-state index in [9.17, 15) is 0 Å². The van der Waals surface area contributed by atoms with E-state index in [2.05, 4.69) is 43.1 Å². The van der Waals surface area contributed by atoms with Gasteiger partial charge in [0.25, 0.3) is 0 Å². The van der Waals surface area contributed by atoms with Crippen molar-refractivity contribution in [1.82, 2.24) is 10.2 Å². The Bertz CT molecular complexity index is 376. The topological polar surface area (TPSA) is 24.5 Å². The van der Waals surface area contributed by atoms with Gasteiger partial charge in [0.15, 0.2) is 0 Å². The highest BCUT2D eigenvalue weighted by atomic mass is 32.1. The van der Waals surface area contributed by atoms with E-state index in [1.165, 1.54) is 9.75 Å². The molecule has 1 saturated heterocycles. The van der Waals surface area contributed by atoms with Crippen molar-refractivity contribution in [3.05, 3.63) is 21.9 Å². The van der Waals surface area contributed by atoms with Gasteiger partial charge in [-0.15, -0.1) is 11.3 Å². The van der Waals surface area contributed by atoms with E-state index in [0.717, 1.165) is 19.7 Å². The first-order chi connectivity index (χ1) is 8.63. The van der Waals surface area contributed by atoms with Crippen LogP contribution in [0.15, 0.2) is 12.1 Å². The Morgan fingerprint density at radius 2 is 2.28 bits per heavy atom. The van der Waals surface area contributed by atoms with Gasteiger partial charge < -0.3 is 10.1 Å². The normalized spacial score (nSPS) is 25.8. The Kier molecular flexibility index (Phi) is 4.78. The molecule has 0 bridgehead atoms. The predicted octanol–water partition coefficient (Wildman–Crippen LogP) is 2.43. The lowest BCUT2D eigenvalue weighted by Crippen LogP contribution is -2.50. The van der Waals surface area contributed by atoms with Gasteiger partial charge in [-0.3, -0.25) is 4.90 Å². The molecule has 102 valence electrons. The molecular weight excluding hydrogens is 244 g/mol. The number of rotatable bonds is 4. The fourth-order valence-corrected chi connectivity index (χ4v) is 3.72. The number of nitrogens with one attached hydrogen (secondary N) is 1. The van der Waals surface area contributed by atoms with Crippen LogP contribution in [-0.2, 0) is 4.74 Å². The highest BCUT2D eigenvalue weighted by Gasteiger charge is 2.35. The van der Waals surface area contributed by atoms with Crippen LogP contribution in [0.5, 0.6) is 0 Å². The van der Waals surface area contributed by atoms with Crippen molar-refractivity contribution in [2.24, 2.45) is 0 Å². The molecule has 1 fully saturated rings. The molecule has 18 heavy (non-hydrogen) atoms. The van der Waals surface area contributed by atoms with Crippen LogP contribution in [0.2, 0.25) is 0 Å². The van der Waals surface area contributed by atoms with Crippen LogP contribution in [0.3, 0.4) is 0 Å². The van der Waals surface area contributed by atoms with Crippen LogP contribution in [-0.4, -0.2) is 43.8 Å². The molecule has 1 aliphatic heterocycles. The Morgan fingerprint density at radius 1 is 1.50 bits per heavy atom. The third-order valence-corrected chi connectivity index (χ3v) is 4.58. The molecule has 1 aliphatic rings. The van der Waals surface area contributed by atoms with E-state index in [1.54, 1.807) is 0 Å². The third-order valence-electron chi connectivity index (χ3n) is 3.51. The smallest absolute Gasteiger partial charge is 0.0904 e. The maximum Gasteiger partial charge on any atom is 0.0904 e. The van der Waals surface area contributed by atoms with Gasteiger partial charge in [-0.05, 0) is 40.0 Å². The quantitative estimate of drug-likeness (QED) is 0.907. The zero-order valence-electron chi connectivity index (χ0n) is 11.8. The molecule has 4 heteroatoms. The van der Waals surface area contributed by atoms with E-state index in [-0.39, 0.29) is 6.10 Å². The zero-order valence-corrected chi connectivity index (χ0v) is 12.6. The van der Waals surface area contributed by atoms with E-state index >= 15 is 0 Å². The van der Waals surface area contributed by atoms with Gasteiger partial charge in [0, 0.05) is 28.9 Å². The molecule has 3 nitrogen and oxygen atoms in total. The molecule has 1 aromatic rings. The summed E-state index contributed by atoms with van der Waals surface area (Å²) >= 11 is 1.90. The second kappa shape index (κ2) is 6.15. The van der Waals surface area contributed by atoms with Gasteiger partial charge in [0.05, 0.1) is 18.8 Å². The first kappa shape index (κ1) is 14.0. The molecule has 1 aromatic heterocycles. The van der Waals surface area contributed by atoms with Crippen molar-refractivity contribution < 1.29 is 4.74 Å². The highest BCUT2D eigenvalue weighted by molar-refractivity contribution is 7.12. The number of hydrogen-bond donors (Lipinski definition) is 1. The number of nitrogens with zero attached hydrogens (tertiary/aromatic N) is 1. The Morgan fingerprint density at radius 3 is 2.83 bits per heavy atom. The average Bonchev–Trinajstić information content (AvgIpc) is 2.75. The monoisotopic (exact) mass is 268 g/mol. The summed E-state index contributed by atoms with van der Waals surface area (Å²) < 4.78 is 5.98. The van der Waals surface area contributed by atoms with Gasteiger partial charge >= 0.3 is 0 Å². The first-order valence-electron chi connectivity index (χ1n) is 6.71. The maximum atomic E-state index is 5.98. The lowest BCUT2D eigenvalue weighted by Gasteiger charge is -2.43. The highest BCUT2D eigenvalue weighted by Crippen LogP contribution is 2.34. The van der Waals surface area contributed by atoms with Crippen molar-refractivity contribution in [2.75, 3.05) is 26.7 Å². The number of likely N-dealkylation sites (N-methyl/N-ethyl adjacent to an activating group) is 1. The predicted molar refractivity (Wildman–Crippen MR) is 77.3 cm³/mol. The summed E-state index contributed by atoms with van der Waals surface area (Å²) in [6, 6.07) is 5.42. The van der Waals surface area contributed by atoms with Crippen molar-refractivity contribution in [1.29, 1.82) is 0 Å². The summed E-state index contributed by atoms with van der Waals surface area (Å²) in [5.41, 5.74) is 0. The van der Waals surface area contributed by atoms with Crippen molar-refractivity contribution >= 4 is 11.3 Å². The van der Waals surface area contributed by atoms with Gasteiger partial charge in [-0.2, -0.15) is 0 Å². The molecule has 1 N–H and O–H groups in total. The third kappa shape index (κ3) is 2.94. The van der Waals surface area contributed by atoms with Gasteiger partial charge in [0.1, 0.15) is 0 Å². The first-order valence-corrected chi connectivity index (χ1v) is 7.53. The Balaban J connectivity index is 2.26. The van der Waals surface area contributed by atoms with E-state index in [4.69, 9.17) is 4.74 Å².